The van der Waals surface area contributed by atoms with Gasteiger partial charge in [0.2, 0.25) is 0 Å². The molecule has 0 amide bonds. The Labute approximate surface area is 102 Å². The first-order chi connectivity index (χ1) is 7.66. The van der Waals surface area contributed by atoms with E-state index in [1.165, 1.54) is 0 Å². The molecular weight excluding hydrogens is 220 g/mol. The van der Waals surface area contributed by atoms with E-state index in [-0.39, 0.29) is 0 Å². The van der Waals surface area contributed by atoms with Crippen molar-refractivity contribution in [2.75, 3.05) is 18.9 Å². The number of hydrogen-bond acceptors (Lipinski definition) is 3. The van der Waals surface area contributed by atoms with E-state index in [1.54, 1.807) is 0 Å². The van der Waals surface area contributed by atoms with Gasteiger partial charge in [-0.2, -0.15) is 0 Å². The van der Waals surface area contributed by atoms with Crippen LogP contribution in [0.1, 0.15) is 27.2 Å². The lowest BCUT2D eigenvalue weighted by Gasteiger charge is -2.14. The molecule has 2 saturated heterocycles. The van der Waals surface area contributed by atoms with Gasteiger partial charge in [0.15, 0.2) is 5.17 Å². The van der Waals surface area contributed by atoms with Crippen LogP contribution in [0, 0.1) is 11.8 Å². The second kappa shape index (κ2) is 5.41. The molecule has 0 aromatic heterocycles. The van der Waals surface area contributed by atoms with Crippen molar-refractivity contribution in [2.24, 2.45) is 16.8 Å². The first-order valence-corrected chi connectivity index (χ1v) is 7.20. The number of ether oxygens (including phenoxy) is 1. The summed E-state index contributed by atoms with van der Waals surface area (Å²) in [5.41, 5.74) is 0. The van der Waals surface area contributed by atoms with Crippen LogP contribution in [0.4, 0.5) is 0 Å². The van der Waals surface area contributed by atoms with Crippen molar-refractivity contribution in [1.29, 1.82) is 0 Å². The van der Waals surface area contributed by atoms with E-state index < -0.39 is 0 Å². The molecule has 3 atom stereocenters. The molecule has 4 heteroatoms. The van der Waals surface area contributed by atoms with E-state index in [9.17, 15) is 0 Å². The summed E-state index contributed by atoms with van der Waals surface area (Å²) in [6.45, 7) is 8.50. The largest absolute Gasteiger partial charge is 0.378 e. The summed E-state index contributed by atoms with van der Waals surface area (Å²) in [6.07, 6.45) is 1.55. The molecule has 0 aromatic rings. The Kier molecular flexibility index (Phi) is 4.14. The standard InChI is InChI=1S/C12H22N2OS/c1-8(2)11-7-16-12(14-11)13-6-10-4-5-15-9(10)3/h8-11H,4-7H2,1-3H3,(H,13,14). The van der Waals surface area contributed by atoms with Crippen molar-refractivity contribution >= 4 is 16.9 Å². The molecule has 2 heterocycles. The van der Waals surface area contributed by atoms with Gasteiger partial charge in [0.25, 0.3) is 0 Å². The number of nitrogens with one attached hydrogen (secondary N) is 1. The quantitative estimate of drug-likeness (QED) is 0.823. The zero-order chi connectivity index (χ0) is 11.5. The normalized spacial score (nSPS) is 37.2. The molecule has 3 nitrogen and oxygen atoms in total. The van der Waals surface area contributed by atoms with Crippen LogP contribution in [0.2, 0.25) is 0 Å². The molecule has 2 rings (SSSR count). The molecule has 2 aliphatic rings. The fourth-order valence-corrected chi connectivity index (χ4v) is 3.28. The Morgan fingerprint density at radius 3 is 2.94 bits per heavy atom. The predicted octanol–water partition coefficient (Wildman–Crippen LogP) is 2.13. The first-order valence-electron chi connectivity index (χ1n) is 6.22. The third kappa shape index (κ3) is 2.92. The second-order valence-electron chi connectivity index (χ2n) is 5.08. The number of rotatable bonds is 3. The minimum absolute atomic E-state index is 0.386. The average Bonchev–Trinajstić information content (AvgIpc) is 2.83. The van der Waals surface area contributed by atoms with Crippen molar-refractivity contribution in [2.45, 2.75) is 39.3 Å². The monoisotopic (exact) mass is 242 g/mol. The smallest absolute Gasteiger partial charge is 0.156 e. The molecule has 0 radical (unpaired) electrons. The Bertz CT molecular complexity index is 268. The molecule has 3 unspecified atom stereocenters. The third-order valence-electron chi connectivity index (χ3n) is 3.52. The SMILES string of the molecule is CC(C)C1CSC(=NCC2CCOC2C)N1. The van der Waals surface area contributed by atoms with Crippen LogP contribution in [0.5, 0.6) is 0 Å². The Hall–Kier alpha value is -0.220. The minimum Gasteiger partial charge on any atom is -0.378 e. The topological polar surface area (TPSA) is 33.6 Å². The van der Waals surface area contributed by atoms with Gasteiger partial charge in [0, 0.05) is 30.9 Å². The van der Waals surface area contributed by atoms with E-state index in [0.29, 0.717) is 24.0 Å². The fourth-order valence-electron chi connectivity index (χ4n) is 2.08. The van der Waals surface area contributed by atoms with E-state index in [2.05, 4.69) is 31.1 Å². The molecule has 0 aliphatic carbocycles. The summed E-state index contributed by atoms with van der Waals surface area (Å²) in [4.78, 5) is 4.68. The highest BCUT2D eigenvalue weighted by molar-refractivity contribution is 8.14. The van der Waals surface area contributed by atoms with Crippen LogP contribution in [0.15, 0.2) is 4.99 Å². The molecule has 16 heavy (non-hydrogen) atoms. The van der Waals surface area contributed by atoms with Crippen molar-refractivity contribution in [1.82, 2.24) is 5.32 Å². The van der Waals surface area contributed by atoms with Crippen LogP contribution in [0.3, 0.4) is 0 Å². The van der Waals surface area contributed by atoms with Gasteiger partial charge in [0.1, 0.15) is 0 Å². The summed E-state index contributed by atoms with van der Waals surface area (Å²) in [5.74, 6) is 2.47. The van der Waals surface area contributed by atoms with Crippen molar-refractivity contribution in [3.05, 3.63) is 0 Å². The van der Waals surface area contributed by atoms with E-state index in [1.807, 2.05) is 11.8 Å². The summed E-state index contributed by atoms with van der Waals surface area (Å²) in [5, 5.41) is 4.64. The summed E-state index contributed by atoms with van der Waals surface area (Å²) in [7, 11) is 0. The lowest BCUT2D eigenvalue weighted by Crippen LogP contribution is -2.32. The molecule has 92 valence electrons. The molecular formula is C12H22N2OS. The molecule has 0 aromatic carbocycles. The van der Waals surface area contributed by atoms with Gasteiger partial charge in [-0.25, -0.2) is 0 Å². The Morgan fingerprint density at radius 1 is 1.56 bits per heavy atom. The molecule has 0 bridgehead atoms. The van der Waals surface area contributed by atoms with Crippen molar-refractivity contribution < 1.29 is 4.74 Å². The predicted molar refractivity (Wildman–Crippen MR) is 70.0 cm³/mol. The zero-order valence-corrected chi connectivity index (χ0v) is 11.2. The number of amidine groups is 1. The highest BCUT2D eigenvalue weighted by Gasteiger charge is 2.26. The average molecular weight is 242 g/mol. The number of aliphatic imine (C=N–C) groups is 1. The number of thioether (sulfide) groups is 1. The lowest BCUT2D eigenvalue weighted by molar-refractivity contribution is 0.107. The van der Waals surface area contributed by atoms with Gasteiger partial charge in [-0.05, 0) is 19.3 Å². The van der Waals surface area contributed by atoms with Gasteiger partial charge >= 0.3 is 0 Å². The van der Waals surface area contributed by atoms with E-state index in [4.69, 9.17) is 4.74 Å². The van der Waals surface area contributed by atoms with Crippen LogP contribution in [-0.4, -0.2) is 36.2 Å². The fraction of sp³-hybridized carbons (Fsp3) is 0.917. The molecule has 2 fully saturated rings. The maximum atomic E-state index is 5.54. The maximum Gasteiger partial charge on any atom is 0.156 e. The van der Waals surface area contributed by atoms with E-state index >= 15 is 0 Å². The second-order valence-corrected chi connectivity index (χ2v) is 6.09. The van der Waals surface area contributed by atoms with Gasteiger partial charge < -0.3 is 10.1 Å². The van der Waals surface area contributed by atoms with Crippen LogP contribution in [-0.2, 0) is 4.74 Å². The Morgan fingerprint density at radius 2 is 2.38 bits per heavy atom. The van der Waals surface area contributed by atoms with E-state index in [0.717, 1.165) is 30.5 Å². The molecule has 1 N–H and O–H groups in total. The van der Waals surface area contributed by atoms with Crippen LogP contribution >= 0.6 is 11.8 Å². The molecule has 2 aliphatic heterocycles. The molecule has 0 spiro atoms. The molecule has 0 saturated carbocycles. The Balaban J connectivity index is 1.80. The van der Waals surface area contributed by atoms with Crippen LogP contribution in [0.25, 0.3) is 0 Å². The highest BCUT2D eigenvalue weighted by atomic mass is 32.2. The lowest BCUT2D eigenvalue weighted by atomic mass is 10.0. The number of hydrogen-bond donors (Lipinski definition) is 1. The van der Waals surface area contributed by atoms with Gasteiger partial charge in [0.05, 0.1) is 6.10 Å². The maximum absolute atomic E-state index is 5.54. The highest BCUT2D eigenvalue weighted by Crippen LogP contribution is 2.23. The van der Waals surface area contributed by atoms with Crippen molar-refractivity contribution in [3.8, 4) is 0 Å². The summed E-state index contributed by atoms with van der Waals surface area (Å²) >= 11 is 1.86. The number of nitrogens with zero attached hydrogens (tertiary/aromatic N) is 1. The summed E-state index contributed by atoms with van der Waals surface area (Å²) in [6, 6.07) is 0.598. The van der Waals surface area contributed by atoms with Gasteiger partial charge in [-0.3, -0.25) is 4.99 Å². The van der Waals surface area contributed by atoms with Gasteiger partial charge in [-0.1, -0.05) is 25.6 Å². The van der Waals surface area contributed by atoms with Gasteiger partial charge in [-0.15, -0.1) is 0 Å². The van der Waals surface area contributed by atoms with Crippen LogP contribution < -0.4 is 5.32 Å². The zero-order valence-electron chi connectivity index (χ0n) is 10.4. The van der Waals surface area contributed by atoms with Crippen molar-refractivity contribution in [3.63, 3.8) is 0 Å². The summed E-state index contributed by atoms with van der Waals surface area (Å²) < 4.78 is 5.54. The first kappa shape index (κ1) is 12.2. The minimum atomic E-state index is 0.386. The third-order valence-corrected chi connectivity index (χ3v) is 4.56.